The zero-order valence-electron chi connectivity index (χ0n) is 32.9. The molecule has 0 saturated carbocycles. The molecule has 2 amide bonds. The summed E-state index contributed by atoms with van der Waals surface area (Å²) >= 11 is 0. The lowest BCUT2D eigenvalue weighted by Crippen LogP contribution is -2.30. The van der Waals surface area contributed by atoms with Gasteiger partial charge in [-0.05, 0) is 89.2 Å². The number of hydrazone groups is 1. The second-order valence-corrected chi connectivity index (χ2v) is 19.8. The summed E-state index contributed by atoms with van der Waals surface area (Å²) in [6, 6.07) is 19.4. The molecular weight excluding hydrogens is 945 g/mol. The molecule has 0 unspecified atom stereocenters. The Morgan fingerprint density at radius 2 is 1.26 bits per heavy atom. The van der Waals surface area contributed by atoms with Crippen molar-refractivity contribution in [3.63, 3.8) is 0 Å². The van der Waals surface area contributed by atoms with Crippen LogP contribution >= 0.6 is 0 Å². The molecule has 0 bridgehead atoms. The smallest absolute Gasteiger partial charge is 0.306 e. The van der Waals surface area contributed by atoms with Gasteiger partial charge >= 0.3 is 6.03 Å². The van der Waals surface area contributed by atoms with Crippen molar-refractivity contribution in [3.8, 4) is 0 Å². The van der Waals surface area contributed by atoms with Crippen molar-refractivity contribution in [3.05, 3.63) is 153 Å². The molecule has 0 radical (unpaired) electrons. The number of nitrogens with zero attached hydrogens (tertiary/aromatic N) is 2. The van der Waals surface area contributed by atoms with Crippen molar-refractivity contribution in [1.82, 2.24) is 5.43 Å². The normalized spacial score (nSPS) is 16.7. The van der Waals surface area contributed by atoms with E-state index < -0.39 is 78.5 Å². The Hall–Kier alpha value is -7.49. The number of hydrogen-bond donors (Lipinski definition) is 8. The van der Waals surface area contributed by atoms with Crippen LogP contribution in [0.3, 0.4) is 0 Å². The van der Waals surface area contributed by atoms with Crippen LogP contribution in [0.2, 0.25) is 0 Å². The number of amides is 2. The van der Waals surface area contributed by atoms with Gasteiger partial charge in [0.15, 0.2) is 11.5 Å². The van der Waals surface area contributed by atoms with Gasteiger partial charge in [-0.1, -0.05) is 42.5 Å². The van der Waals surface area contributed by atoms with Crippen LogP contribution in [0.25, 0.3) is 27.6 Å². The van der Waals surface area contributed by atoms with Gasteiger partial charge in [0.1, 0.15) is 19.6 Å². The van der Waals surface area contributed by atoms with Crippen molar-refractivity contribution in [2.45, 2.75) is 9.79 Å². The first-order valence-electron chi connectivity index (χ1n) is 18.5. The molecule has 5 aromatic rings. The third-order valence-corrected chi connectivity index (χ3v) is 13.6. The molecule has 0 spiro atoms. The van der Waals surface area contributed by atoms with Gasteiger partial charge in [0.25, 0.3) is 40.5 Å². The molecule has 0 atom stereocenters. The number of rotatable bonds is 10. The minimum absolute atomic E-state index is 0.0157. The maximum atomic E-state index is 13.6. The number of carbonyl (C=O) groups is 3. The summed E-state index contributed by atoms with van der Waals surface area (Å²) in [5, 5.41) is 7.39. The third-order valence-electron chi connectivity index (χ3n) is 9.96. The Labute approximate surface area is 373 Å². The van der Waals surface area contributed by atoms with Gasteiger partial charge in [0.2, 0.25) is 5.78 Å². The number of Topliss-reactive ketones (excluding diaryl/α,β-unsaturated/α-hetero) is 1. The molecule has 8 N–H and O–H groups in total. The molecule has 3 aliphatic rings. The van der Waals surface area contributed by atoms with Crippen molar-refractivity contribution >= 4 is 114 Å². The zero-order valence-corrected chi connectivity index (χ0v) is 36.1. The maximum absolute atomic E-state index is 13.6. The van der Waals surface area contributed by atoms with Crippen molar-refractivity contribution < 1.29 is 66.3 Å². The Morgan fingerprint density at radius 1 is 0.591 bits per heavy atom. The van der Waals surface area contributed by atoms with Crippen LogP contribution in [0.4, 0.5) is 21.9 Å². The summed E-state index contributed by atoms with van der Waals surface area (Å²) in [5.41, 5.74) is 6.09. The van der Waals surface area contributed by atoms with Crippen LogP contribution in [0.5, 0.6) is 0 Å². The maximum Gasteiger partial charge on any atom is 0.345 e. The average molecular weight is 973 g/mol. The van der Waals surface area contributed by atoms with E-state index in [1.807, 2.05) is 0 Å². The number of hydrazine groups is 1. The SMILES string of the molecule is O=C(/N=C1\C=CC2=C(S(=O)(=O)O)C(NNc3ccc4c(S(=O)(=O)O)cccc4c3)=CC(=O)C2=C1)Nc1ccc2c(c1)C=C(S(=O)(=O)O)/C(=N\Nc1ccc3cccc(S(=O)(=O)O)c3c1)C2=O. The first-order valence-corrected chi connectivity index (χ1v) is 24.2. The number of hydrogen-bond acceptors (Lipinski definition) is 15. The van der Waals surface area contributed by atoms with E-state index in [0.29, 0.717) is 10.8 Å². The van der Waals surface area contributed by atoms with E-state index in [9.17, 15) is 66.3 Å². The quantitative estimate of drug-likeness (QED) is 0.0668. The van der Waals surface area contributed by atoms with Crippen LogP contribution < -0.4 is 21.6 Å². The molecule has 0 aliphatic heterocycles. The lowest BCUT2D eigenvalue weighted by molar-refractivity contribution is -0.111. The van der Waals surface area contributed by atoms with Crippen LogP contribution in [-0.4, -0.2) is 80.9 Å². The summed E-state index contributed by atoms with van der Waals surface area (Å²) in [7, 11) is -19.3. The number of benzene rings is 5. The predicted octanol–water partition coefficient (Wildman–Crippen LogP) is 5.07. The summed E-state index contributed by atoms with van der Waals surface area (Å²) in [5.74, 6) is -1.74. The minimum atomic E-state index is -5.12. The zero-order chi connectivity index (χ0) is 47.5. The fourth-order valence-electron chi connectivity index (χ4n) is 7.14. The standard InChI is InChI=1S/C41H28N6O15S4/c48-34-20-33(46-44-26-11-12-28-22(15-26)4-2-5-35(28)63(51,52)53)40(66(60,61)62)30-14-10-25(18-32(30)34)43-41(50)42-24-9-13-29-23(16-24)17-37(65(57,58)59)38(39(29)49)47-45-27-8-7-21-3-1-6-36(31(21)19-27)64(54,55)56/h1-20,44-46H,(H,42,50)(H,51,52,53)(H,54,55,56)(H,57,58,59)(H,60,61,62)/b43-25+,47-38+. The van der Waals surface area contributed by atoms with E-state index in [-0.39, 0.29) is 66.4 Å². The molecule has 25 heteroatoms. The fourth-order valence-corrected chi connectivity index (χ4v) is 10.1. The van der Waals surface area contributed by atoms with Crippen LogP contribution in [0.15, 0.2) is 162 Å². The predicted molar refractivity (Wildman–Crippen MR) is 241 cm³/mol. The number of anilines is 3. The highest BCUT2D eigenvalue weighted by atomic mass is 32.2. The van der Waals surface area contributed by atoms with Crippen LogP contribution in [0.1, 0.15) is 15.9 Å². The summed E-state index contributed by atoms with van der Waals surface area (Å²) in [6.07, 6.45) is 5.18. The topological polar surface area (TPSA) is 342 Å². The van der Waals surface area contributed by atoms with Gasteiger partial charge in [0, 0.05) is 39.2 Å². The highest BCUT2D eigenvalue weighted by molar-refractivity contribution is 7.91. The van der Waals surface area contributed by atoms with E-state index in [1.54, 1.807) is 12.1 Å². The van der Waals surface area contributed by atoms with E-state index >= 15 is 0 Å². The lowest BCUT2D eigenvalue weighted by Gasteiger charge is -2.23. The van der Waals surface area contributed by atoms with Gasteiger partial charge in [-0.3, -0.25) is 38.7 Å². The number of ketones is 2. The summed E-state index contributed by atoms with van der Waals surface area (Å²) in [6.45, 7) is 0. The monoisotopic (exact) mass is 972 g/mol. The van der Waals surface area contributed by atoms with E-state index in [1.165, 1.54) is 78.9 Å². The first kappa shape index (κ1) is 45.1. The Kier molecular flexibility index (Phi) is 11.3. The molecule has 0 aromatic heterocycles. The number of allylic oxidation sites excluding steroid dienone is 7. The van der Waals surface area contributed by atoms with Crippen molar-refractivity contribution in [1.29, 1.82) is 0 Å². The van der Waals surface area contributed by atoms with Crippen molar-refractivity contribution in [2.24, 2.45) is 10.1 Å². The van der Waals surface area contributed by atoms with Gasteiger partial charge in [-0.2, -0.15) is 43.8 Å². The van der Waals surface area contributed by atoms with E-state index in [4.69, 9.17) is 0 Å². The second kappa shape index (κ2) is 16.5. The van der Waals surface area contributed by atoms with Gasteiger partial charge in [-0.15, -0.1) is 0 Å². The molecule has 0 heterocycles. The average Bonchev–Trinajstić information content (AvgIpc) is 3.23. The molecule has 8 rings (SSSR count). The second-order valence-electron chi connectivity index (χ2n) is 14.3. The number of aliphatic imine (C=N–C) groups is 1. The molecule has 3 aliphatic carbocycles. The molecule has 0 saturated heterocycles. The van der Waals surface area contributed by atoms with Crippen LogP contribution in [-0.2, 0) is 45.3 Å². The largest absolute Gasteiger partial charge is 0.345 e. The molecule has 336 valence electrons. The number of urea groups is 1. The Morgan fingerprint density at radius 3 is 1.94 bits per heavy atom. The lowest BCUT2D eigenvalue weighted by atomic mass is 9.90. The summed E-state index contributed by atoms with van der Waals surface area (Å²) < 4.78 is 137. The number of nitrogens with one attached hydrogen (secondary N) is 4. The summed E-state index contributed by atoms with van der Waals surface area (Å²) in [4.78, 5) is 41.5. The van der Waals surface area contributed by atoms with Crippen molar-refractivity contribution in [2.75, 3.05) is 16.2 Å². The minimum Gasteiger partial charge on any atom is -0.306 e. The van der Waals surface area contributed by atoms with Gasteiger partial charge in [0.05, 0.1) is 22.8 Å². The molecule has 5 aromatic carbocycles. The van der Waals surface area contributed by atoms with E-state index in [0.717, 1.165) is 30.4 Å². The Balaban J connectivity index is 1.01. The molecule has 0 fully saturated rings. The highest BCUT2D eigenvalue weighted by Gasteiger charge is 2.35. The Bertz CT molecular complexity index is 3760. The first-order chi connectivity index (χ1) is 31.0. The number of carbonyl (C=O) groups excluding carboxylic acids is 3. The van der Waals surface area contributed by atoms with Gasteiger partial charge < -0.3 is 10.7 Å². The molecule has 66 heavy (non-hydrogen) atoms. The fraction of sp³-hybridized carbons (Fsp3) is 0. The van der Waals surface area contributed by atoms with E-state index in [2.05, 4.69) is 31.7 Å². The van der Waals surface area contributed by atoms with Crippen LogP contribution in [0, 0.1) is 0 Å². The van der Waals surface area contributed by atoms with Gasteiger partial charge in [-0.25, -0.2) is 4.79 Å². The number of fused-ring (bicyclic) bond motifs is 4. The molecule has 21 nitrogen and oxygen atoms in total. The highest BCUT2D eigenvalue weighted by Crippen LogP contribution is 2.34. The third kappa shape index (κ3) is 9.08. The molecular formula is C41H28N6O15S4.